The molecule has 2 aliphatic rings. The van der Waals surface area contributed by atoms with E-state index in [-0.39, 0.29) is 0 Å². The minimum atomic E-state index is -0.593. The third-order valence-electron chi connectivity index (χ3n) is 5.50. The highest BCUT2D eigenvalue weighted by Gasteiger charge is 2.41. The largest absolute Gasteiger partial charge is 0.498 e. The Balaban J connectivity index is 1.65. The summed E-state index contributed by atoms with van der Waals surface area (Å²) < 4.78 is 12.3. The summed E-state index contributed by atoms with van der Waals surface area (Å²) in [5.41, 5.74) is 1.66. The smallest absolute Gasteiger partial charge is 0.162 e. The number of benzene rings is 2. The maximum absolute atomic E-state index is 6.55. The lowest BCUT2D eigenvalue weighted by Crippen LogP contribution is -2.49. The molecular weight excluding hydrogens is 348 g/mol. The zero-order valence-electron chi connectivity index (χ0n) is 16.5. The molecule has 28 heavy (non-hydrogen) atoms. The quantitative estimate of drug-likeness (QED) is 0.618. The minimum Gasteiger partial charge on any atom is -0.498 e. The van der Waals surface area contributed by atoms with Crippen LogP contribution in [0.1, 0.15) is 19.3 Å². The Morgan fingerprint density at radius 3 is 2.21 bits per heavy atom. The summed E-state index contributed by atoms with van der Waals surface area (Å²) in [5, 5.41) is 0. The van der Waals surface area contributed by atoms with Crippen molar-refractivity contribution >= 4 is 17.6 Å². The fourth-order valence-corrected chi connectivity index (χ4v) is 3.73. The number of aliphatic imine (C=N–C) groups is 1. The molecule has 1 aliphatic carbocycles. The van der Waals surface area contributed by atoms with Gasteiger partial charge in [0.1, 0.15) is 5.76 Å². The molecule has 1 unspecified atom stereocenters. The molecule has 4 rings (SSSR count). The molecule has 0 aromatic heterocycles. The number of nitrogens with zero attached hydrogens (tertiary/aromatic N) is 2. The van der Waals surface area contributed by atoms with Gasteiger partial charge in [0.15, 0.2) is 5.60 Å². The van der Waals surface area contributed by atoms with E-state index in [9.17, 15) is 0 Å². The van der Waals surface area contributed by atoms with Crippen LogP contribution in [0.2, 0.25) is 0 Å². The van der Waals surface area contributed by atoms with Crippen molar-refractivity contribution in [3.05, 3.63) is 72.5 Å². The first kappa shape index (κ1) is 18.8. The van der Waals surface area contributed by atoms with Gasteiger partial charge in [-0.3, -0.25) is 4.99 Å². The summed E-state index contributed by atoms with van der Waals surface area (Å²) in [6.07, 6.45) is 7.54. The summed E-state index contributed by atoms with van der Waals surface area (Å²) in [6, 6.07) is 20.9. The summed E-state index contributed by atoms with van der Waals surface area (Å²) >= 11 is 0. The molecule has 2 aromatic rings. The average Bonchev–Trinajstić information content (AvgIpc) is 3.58. The van der Waals surface area contributed by atoms with Crippen molar-refractivity contribution in [3.63, 3.8) is 0 Å². The number of hydrogen-bond donors (Lipinski definition) is 0. The Hall–Kier alpha value is -2.59. The molecule has 1 aliphatic heterocycles. The Kier molecular flexibility index (Phi) is 5.77. The van der Waals surface area contributed by atoms with Gasteiger partial charge in [-0.25, -0.2) is 0 Å². The number of dihydropyridines is 1. The van der Waals surface area contributed by atoms with E-state index in [0.29, 0.717) is 13.1 Å². The highest BCUT2D eigenvalue weighted by atomic mass is 16.5. The first-order valence-electron chi connectivity index (χ1n) is 10.1. The number of hydrogen-bond acceptors (Lipinski definition) is 4. The second-order valence-corrected chi connectivity index (χ2v) is 7.56. The van der Waals surface area contributed by atoms with Crippen LogP contribution in [0.15, 0.2) is 77.5 Å². The maximum Gasteiger partial charge on any atom is 0.162 e. The van der Waals surface area contributed by atoms with E-state index in [4.69, 9.17) is 9.47 Å². The first-order valence-corrected chi connectivity index (χ1v) is 10.1. The first-order chi connectivity index (χ1) is 13.8. The van der Waals surface area contributed by atoms with Crippen molar-refractivity contribution in [3.8, 4) is 0 Å². The summed E-state index contributed by atoms with van der Waals surface area (Å²) in [5.74, 6) is 1.67. The van der Waals surface area contributed by atoms with Crippen LogP contribution in [-0.4, -0.2) is 38.6 Å². The van der Waals surface area contributed by atoms with Gasteiger partial charge in [-0.05, 0) is 42.7 Å². The van der Waals surface area contributed by atoms with Crippen molar-refractivity contribution in [2.75, 3.05) is 31.7 Å². The van der Waals surface area contributed by atoms with Crippen LogP contribution in [0, 0.1) is 5.92 Å². The lowest BCUT2D eigenvalue weighted by atomic mass is 9.96. The van der Waals surface area contributed by atoms with E-state index in [2.05, 4.69) is 58.4 Å². The van der Waals surface area contributed by atoms with Crippen molar-refractivity contribution in [1.82, 2.24) is 0 Å². The van der Waals surface area contributed by atoms with Gasteiger partial charge in [-0.2, -0.15) is 0 Å². The normalized spacial score (nSPS) is 21.2. The Bertz CT molecular complexity index is 776. The van der Waals surface area contributed by atoms with Gasteiger partial charge in [-0.15, -0.1) is 0 Å². The summed E-state index contributed by atoms with van der Waals surface area (Å²) in [4.78, 5) is 6.85. The van der Waals surface area contributed by atoms with Crippen LogP contribution in [0.4, 0.5) is 11.4 Å². The van der Waals surface area contributed by atoms with Crippen LogP contribution in [0.3, 0.4) is 0 Å². The van der Waals surface area contributed by atoms with Gasteiger partial charge >= 0.3 is 0 Å². The summed E-state index contributed by atoms with van der Waals surface area (Å²) in [7, 11) is 1.72. The predicted octanol–water partition coefficient (Wildman–Crippen LogP) is 4.99. The van der Waals surface area contributed by atoms with Gasteiger partial charge in [0.2, 0.25) is 0 Å². The SMILES string of the molecule is COC1=CC=NCC1(CN(c1ccccc1)c1ccccc1)OCCC1CC1. The minimum absolute atomic E-state index is 0.563. The van der Waals surface area contributed by atoms with Crippen molar-refractivity contribution in [2.45, 2.75) is 24.9 Å². The fraction of sp³-hybridized carbons (Fsp3) is 0.375. The topological polar surface area (TPSA) is 34.1 Å². The standard InChI is InChI=1S/C24H28N2O2/c1-27-23-14-16-25-18-24(23,28-17-15-20-12-13-20)19-26(21-8-4-2-5-9-21)22-10-6-3-7-11-22/h2-11,14,16,20H,12-13,15,17-19H2,1H3. The fourth-order valence-electron chi connectivity index (χ4n) is 3.73. The zero-order chi connectivity index (χ0) is 19.2. The zero-order valence-corrected chi connectivity index (χ0v) is 16.5. The maximum atomic E-state index is 6.55. The molecular formula is C24H28N2O2. The van der Waals surface area contributed by atoms with E-state index >= 15 is 0 Å². The molecule has 0 radical (unpaired) electrons. The van der Waals surface area contributed by atoms with Crippen LogP contribution >= 0.6 is 0 Å². The molecule has 0 amide bonds. The number of anilines is 2. The van der Waals surface area contributed by atoms with E-state index in [1.807, 2.05) is 24.4 Å². The van der Waals surface area contributed by atoms with Crippen molar-refractivity contribution in [2.24, 2.45) is 10.9 Å². The molecule has 0 N–H and O–H groups in total. The number of allylic oxidation sites excluding steroid dienone is 1. The van der Waals surface area contributed by atoms with Crippen LogP contribution in [-0.2, 0) is 9.47 Å². The second kappa shape index (κ2) is 8.61. The lowest BCUT2D eigenvalue weighted by molar-refractivity contribution is -0.0401. The summed E-state index contributed by atoms with van der Waals surface area (Å²) in [6.45, 7) is 1.94. The highest BCUT2D eigenvalue weighted by molar-refractivity contribution is 5.74. The molecule has 2 aromatic carbocycles. The molecule has 4 heteroatoms. The number of ether oxygens (including phenoxy) is 2. The second-order valence-electron chi connectivity index (χ2n) is 7.56. The van der Waals surface area contributed by atoms with Crippen molar-refractivity contribution in [1.29, 1.82) is 0 Å². The third-order valence-corrected chi connectivity index (χ3v) is 5.50. The van der Waals surface area contributed by atoms with Crippen LogP contribution < -0.4 is 4.90 Å². The Morgan fingerprint density at radius 2 is 1.64 bits per heavy atom. The average molecular weight is 377 g/mol. The van der Waals surface area contributed by atoms with Gasteiger partial charge in [0, 0.05) is 24.2 Å². The molecule has 146 valence electrons. The van der Waals surface area contributed by atoms with Crippen LogP contribution in [0.5, 0.6) is 0 Å². The van der Waals surface area contributed by atoms with E-state index in [1.165, 1.54) is 12.8 Å². The van der Waals surface area contributed by atoms with Gasteiger partial charge in [-0.1, -0.05) is 49.2 Å². The van der Waals surface area contributed by atoms with Gasteiger partial charge in [0.05, 0.1) is 20.2 Å². The number of rotatable bonds is 9. The van der Waals surface area contributed by atoms with Gasteiger partial charge in [0.25, 0.3) is 0 Å². The lowest BCUT2D eigenvalue weighted by Gasteiger charge is -2.40. The van der Waals surface area contributed by atoms with Crippen LogP contribution in [0.25, 0.3) is 0 Å². The van der Waals surface area contributed by atoms with E-state index in [0.717, 1.165) is 36.1 Å². The van der Waals surface area contributed by atoms with Gasteiger partial charge < -0.3 is 14.4 Å². The Labute approximate surface area is 167 Å². The molecule has 0 bridgehead atoms. The third kappa shape index (κ3) is 4.28. The molecule has 4 nitrogen and oxygen atoms in total. The molecule has 1 saturated carbocycles. The monoisotopic (exact) mass is 376 g/mol. The molecule has 0 spiro atoms. The number of para-hydroxylation sites is 2. The van der Waals surface area contributed by atoms with E-state index < -0.39 is 5.60 Å². The number of methoxy groups -OCH3 is 1. The van der Waals surface area contributed by atoms with E-state index in [1.54, 1.807) is 7.11 Å². The molecule has 1 heterocycles. The molecule has 0 saturated heterocycles. The highest BCUT2D eigenvalue weighted by Crippen LogP contribution is 2.36. The molecule has 1 atom stereocenters. The van der Waals surface area contributed by atoms with Crippen molar-refractivity contribution < 1.29 is 9.47 Å². The molecule has 1 fully saturated rings. The Morgan fingerprint density at radius 1 is 1.00 bits per heavy atom. The predicted molar refractivity (Wildman–Crippen MR) is 114 cm³/mol.